The largest absolute Gasteiger partial charge is 0.417 e. The number of nitrogens with two attached hydrogens (primary N) is 1. The van der Waals surface area contributed by atoms with Crippen LogP contribution in [0.15, 0.2) is 12.3 Å². The van der Waals surface area contributed by atoms with E-state index in [0.717, 1.165) is 6.07 Å². The summed E-state index contributed by atoms with van der Waals surface area (Å²) in [6.45, 7) is 0. The van der Waals surface area contributed by atoms with E-state index >= 15 is 0 Å². The van der Waals surface area contributed by atoms with Crippen LogP contribution in [0.25, 0.3) is 0 Å². The lowest BCUT2D eigenvalue weighted by Gasteiger charge is -2.06. The van der Waals surface area contributed by atoms with E-state index in [0.29, 0.717) is 11.5 Å². The summed E-state index contributed by atoms with van der Waals surface area (Å²) in [5, 5.41) is 0.364. The minimum atomic E-state index is -4.43. The highest BCUT2D eigenvalue weighted by Gasteiger charge is 2.31. The van der Waals surface area contributed by atoms with Crippen molar-refractivity contribution in [3.05, 3.63) is 23.4 Å². The molecule has 0 unspecified atom stereocenters. The van der Waals surface area contributed by atoms with Gasteiger partial charge in [-0.15, -0.1) is 0 Å². The quantitative estimate of drug-likeness (QED) is 0.585. The van der Waals surface area contributed by atoms with E-state index in [1.165, 1.54) is 0 Å². The molecule has 0 spiro atoms. The molecule has 2 N–H and O–H groups in total. The highest BCUT2D eigenvalue weighted by atomic mass is 79.9. The molecular formula is C9H6BrF3N2. The minimum Gasteiger partial charge on any atom is -0.383 e. The molecule has 0 aliphatic carbocycles. The van der Waals surface area contributed by atoms with E-state index in [-0.39, 0.29) is 11.4 Å². The van der Waals surface area contributed by atoms with Crippen LogP contribution < -0.4 is 5.73 Å². The number of nitrogens with zero attached hydrogens (tertiary/aromatic N) is 1. The van der Waals surface area contributed by atoms with Crippen molar-refractivity contribution in [2.24, 2.45) is 0 Å². The number of halogens is 4. The van der Waals surface area contributed by atoms with Crippen LogP contribution in [-0.2, 0) is 6.18 Å². The van der Waals surface area contributed by atoms with Crippen molar-refractivity contribution in [1.29, 1.82) is 0 Å². The lowest BCUT2D eigenvalue weighted by molar-refractivity contribution is -0.137. The fourth-order valence-electron chi connectivity index (χ4n) is 0.859. The van der Waals surface area contributed by atoms with Crippen LogP contribution in [0.4, 0.5) is 19.0 Å². The zero-order valence-corrected chi connectivity index (χ0v) is 8.98. The summed E-state index contributed by atoms with van der Waals surface area (Å²) in [4.78, 5) is 3.44. The summed E-state index contributed by atoms with van der Waals surface area (Å²) < 4.78 is 36.9. The van der Waals surface area contributed by atoms with Crippen molar-refractivity contribution in [2.45, 2.75) is 6.18 Å². The summed E-state index contributed by atoms with van der Waals surface area (Å²) in [6.07, 6.45) is -3.74. The van der Waals surface area contributed by atoms with Crippen LogP contribution in [0.3, 0.4) is 0 Å². The van der Waals surface area contributed by atoms with Gasteiger partial charge in [0.1, 0.15) is 5.82 Å². The topological polar surface area (TPSA) is 38.9 Å². The Morgan fingerprint density at radius 2 is 2.13 bits per heavy atom. The zero-order valence-electron chi connectivity index (χ0n) is 7.40. The number of pyridine rings is 1. The average Bonchev–Trinajstić information content (AvgIpc) is 2.15. The molecule has 1 heterocycles. The van der Waals surface area contributed by atoms with Crippen LogP contribution >= 0.6 is 15.9 Å². The van der Waals surface area contributed by atoms with Gasteiger partial charge in [-0.05, 0) is 6.07 Å². The van der Waals surface area contributed by atoms with Gasteiger partial charge in [-0.3, -0.25) is 0 Å². The van der Waals surface area contributed by atoms with E-state index in [9.17, 15) is 13.2 Å². The summed E-state index contributed by atoms with van der Waals surface area (Å²) in [6, 6.07) is 0.887. The van der Waals surface area contributed by atoms with E-state index < -0.39 is 11.7 Å². The van der Waals surface area contributed by atoms with Gasteiger partial charge in [0.15, 0.2) is 0 Å². The third-order valence-electron chi connectivity index (χ3n) is 1.54. The second-order valence-electron chi connectivity index (χ2n) is 2.59. The maximum atomic E-state index is 12.3. The molecule has 0 amide bonds. The molecule has 80 valence electrons. The molecule has 6 heteroatoms. The average molecular weight is 279 g/mol. The van der Waals surface area contributed by atoms with E-state index in [2.05, 4.69) is 32.8 Å². The van der Waals surface area contributed by atoms with Crippen molar-refractivity contribution in [3.8, 4) is 11.8 Å². The summed E-state index contributed by atoms with van der Waals surface area (Å²) in [7, 11) is 0. The molecule has 0 aliphatic heterocycles. The molecule has 0 bridgehead atoms. The van der Waals surface area contributed by atoms with Crippen molar-refractivity contribution in [3.63, 3.8) is 0 Å². The lowest BCUT2D eigenvalue weighted by Crippen LogP contribution is -2.07. The van der Waals surface area contributed by atoms with Gasteiger partial charge in [0, 0.05) is 6.20 Å². The van der Waals surface area contributed by atoms with Gasteiger partial charge in [0.2, 0.25) is 0 Å². The van der Waals surface area contributed by atoms with Crippen LogP contribution in [0.2, 0.25) is 0 Å². The van der Waals surface area contributed by atoms with E-state index in [1.54, 1.807) is 0 Å². The van der Waals surface area contributed by atoms with Crippen molar-refractivity contribution in [2.75, 3.05) is 11.1 Å². The SMILES string of the molecule is Nc1ncc(C(F)(F)F)cc1C#CCBr. The Bertz CT molecular complexity index is 418. The number of nitrogen functional groups attached to an aromatic ring is 1. The van der Waals surface area contributed by atoms with Crippen LogP contribution in [0.5, 0.6) is 0 Å². The van der Waals surface area contributed by atoms with Gasteiger partial charge in [-0.1, -0.05) is 27.8 Å². The Hall–Kier alpha value is -1.22. The monoisotopic (exact) mass is 278 g/mol. The zero-order chi connectivity index (χ0) is 11.5. The third kappa shape index (κ3) is 3.13. The Morgan fingerprint density at radius 3 is 2.67 bits per heavy atom. The predicted octanol–water partition coefficient (Wildman–Crippen LogP) is 2.43. The Balaban J connectivity index is 3.17. The molecule has 0 radical (unpaired) electrons. The standard InChI is InChI=1S/C9H6BrF3N2/c10-3-1-2-6-4-7(9(11,12)13)5-15-8(6)14/h4-5H,3H2,(H2,14,15). The van der Waals surface area contributed by atoms with Gasteiger partial charge >= 0.3 is 6.18 Å². The van der Waals surface area contributed by atoms with E-state index in [1.807, 2.05) is 0 Å². The smallest absolute Gasteiger partial charge is 0.383 e. The lowest BCUT2D eigenvalue weighted by atomic mass is 10.2. The fraction of sp³-hybridized carbons (Fsp3) is 0.222. The van der Waals surface area contributed by atoms with Gasteiger partial charge < -0.3 is 5.73 Å². The minimum absolute atomic E-state index is 0.00329. The Labute approximate surface area is 92.8 Å². The highest BCUT2D eigenvalue weighted by Crippen LogP contribution is 2.29. The Morgan fingerprint density at radius 1 is 1.47 bits per heavy atom. The van der Waals surface area contributed by atoms with Crippen LogP contribution in [0.1, 0.15) is 11.1 Å². The van der Waals surface area contributed by atoms with Gasteiger partial charge in [-0.2, -0.15) is 13.2 Å². The van der Waals surface area contributed by atoms with Gasteiger partial charge in [0.25, 0.3) is 0 Å². The number of hydrogen-bond acceptors (Lipinski definition) is 2. The fourth-order valence-corrected chi connectivity index (χ4v) is 0.999. The normalized spacial score (nSPS) is 10.7. The molecule has 0 saturated heterocycles. The molecular weight excluding hydrogens is 273 g/mol. The van der Waals surface area contributed by atoms with Crippen LogP contribution in [-0.4, -0.2) is 10.3 Å². The molecule has 0 aromatic carbocycles. The summed E-state index contributed by atoms with van der Waals surface area (Å²) in [5.74, 6) is 5.05. The predicted molar refractivity (Wildman–Crippen MR) is 54.3 cm³/mol. The first-order chi connectivity index (χ1) is 6.95. The molecule has 0 saturated carbocycles. The van der Waals surface area contributed by atoms with Crippen molar-refractivity contribution >= 4 is 21.7 Å². The maximum Gasteiger partial charge on any atom is 0.417 e. The van der Waals surface area contributed by atoms with Gasteiger partial charge in [0.05, 0.1) is 16.5 Å². The van der Waals surface area contributed by atoms with E-state index in [4.69, 9.17) is 5.73 Å². The molecule has 15 heavy (non-hydrogen) atoms. The molecule has 0 fully saturated rings. The molecule has 0 aliphatic rings. The molecule has 0 atom stereocenters. The Kier molecular flexibility index (Phi) is 3.58. The second kappa shape index (κ2) is 4.53. The maximum absolute atomic E-state index is 12.3. The van der Waals surface area contributed by atoms with Gasteiger partial charge in [-0.25, -0.2) is 4.98 Å². The molecule has 1 aromatic heterocycles. The second-order valence-corrected chi connectivity index (χ2v) is 3.15. The first-order valence-corrected chi connectivity index (χ1v) is 4.95. The summed E-state index contributed by atoms with van der Waals surface area (Å²) in [5.41, 5.74) is 4.61. The number of rotatable bonds is 0. The van der Waals surface area contributed by atoms with Crippen LogP contribution in [0, 0.1) is 11.8 Å². The number of alkyl halides is 4. The molecule has 1 rings (SSSR count). The number of anilines is 1. The number of hydrogen-bond donors (Lipinski definition) is 1. The van der Waals surface area contributed by atoms with Crippen molar-refractivity contribution < 1.29 is 13.2 Å². The third-order valence-corrected chi connectivity index (χ3v) is 1.82. The first-order valence-electron chi connectivity index (χ1n) is 3.82. The number of aromatic nitrogens is 1. The molecule has 2 nitrogen and oxygen atoms in total. The first kappa shape index (κ1) is 11.9. The summed E-state index contributed by atoms with van der Waals surface area (Å²) >= 11 is 3.03. The van der Waals surface area contributed by atoms with Crippen molar-refractivity contribution in [1.82, 2.24) is 4.98 Å². The molecule has 1 aromatic rings. The highest BCUT2D eigenvalue weighted by molar-refractivity contribution is 9.09.